The first-order valence-electron chi connectivity index (χ1n) is 5.85. The Morgan fingerprint density at radius 1 is 1.47 bits per heavy atom. The molecule has 1 atom stereocenters. The van der Waals surface area contributed by atoms with Crippen molar-refractivity contribution in [1.29, 1.82) is 0 Å². The first kappa shape index (κ1) is 12.3. The standard InChI is InChI=1S/C13H18N2OS/c1-8(2)10(7-16)12-9(3)15-13(17-12)11-5-4-6-14-11/h4-6,8,10,14,16H,7H2,1-3H3. The maximum atomic E-state index is 9.49. The maximum Gasteiger partial charge on any atom is 0.140 e. The third-order valence-electron chi connectivity index (χ3n) is 3.00. The van der Waals surface area contributed by atoms with Gasteiger partial charge >= 0.3 is 0 Å². The number of hydrogen-bond acceptors (Lipinski definition) is 3. The largest absolute Gasteiger partial charge is 0.396 e. The van der Waals surface area contributed by atoms with E-state index in [1.807, 2.05) is 25.3 Å². The van der Waals surface area contributed by atoms with Gasteiger partial charge in [0.25, 0.3) is 0 Å². The summed E-state index contributed by atoms with van der Waals surface area (Å²) in [7, 11) is 0. The average molecular weight is 250 g/mol. The lowest BCUT2D eigenvalue weighted by molar-refractivity contribution is 0.239. The third kappa shape index (κ3) is 2.42. The number of H-pyrrole nitrogens is 1. The van der Waals surface area contributed by atoms with E-state index in [4.69, 9.17) is 0 Å². The van der Waals surface area contributed by atoms with Crippen molar-refractivity contribution in [3.8, 4) is 10.7 Å². The predicted octanol–water partition coefficient (Wildman–Crippen LogP) is 3.18. The molecule has 1 unspecified atom stereocenters. The molecule has 0 fully saturated rings. The van der Waals surface area contributed by atoms with Gasteiger partial charge in [0, 0.05) is 17.0 Å². The lowest BCUT2D eigenvalue weighted by atomic mass is 9.94. The molecule has 0 spiro atoms. The van der Waals surface area contributed by atoms with Crippen molar-refractivity contribution in [2.75, 3.05) is 6.61 Å². The highest BCUT2D eigenvalue weighted by atomic mass is 32.1. The van der Waals surface area contributed by atoms with E-state index < -0.39 is 0 Å². The molecule has 2 N–H and O–H groups in total. The van der Waals surface area contributed by atoms with Gasteiger partial charge in [-0.15, -0.1) is 11.3 Å². The van der Waals surface area contributed by atoms with Crippen LogP contribution in [0.1, 0.15) is 30.3 Å². The number of nitrogens with one attached hydrogen (secondary N) is 1. The van der Waals surface area contributed by atoms with Crippen LogP contribution in [-0.2, 0) is 0 Å². The van der Waals surface area contributed by atoms with Crippen LogP contribution in [0.4, 0.5) is 0 Å². The molecule has 3 nitrogen and oxygen atoms in total. The highest BCUT2D eigenvalue weighted by Gasteiger charge is 2.21. The van der Waals surface area contributed by atoms with Crippen LogP contribution >= 0.6 is 11.3 Å². The number of rotatable bonds is 4. The molecular formula is C13H18N2OS. The second-order valence-electron chi connectivity index (χ2n) is 4.59. The fourth-order valence-corrected chi connectivity index (χ4v) is 3.25. The number of thiazole rings is 1. The van der Waals surface area contributed by atoms with Crippen molar-refractivity contribution < 1.29 is 5.11 Å². The van der Waals surface area contributed by atoms with E-state index in [1.165, 1.54) is 4.88 Å². The Labute approximate surface area is 106 Å². The highest BCUT2D eigenvalue weighted by molar-refractivity contribution is 7.15. The number of nitrogens with zero attached hydrogens (tertiary/aromatic N) is 1. The molecule has 92 valence electrons. The first-order valence-corrected chi connectivity index (χ1v) is 6.67. The minimum absolute atomic E-state index is 0.185. The summed E-state index contributed by atoms with van der Waals surface area (Å²) < 4.78 is 0. The first-order chi connectivity index (χ1) is 8.13. The fourth-order valence-electron chi connectivity index (χ4n) is 1.93. The Kier molecular flexibility index (Phi) is 3.64. The third-order valence-corrected chi connectivity index (χ3v) is 4.32. The molecule has 0 aliphatic rings. The molecule has 0 aliphatic carbocycles. The molecule has 0 radical (unpaired) electrons. The van der Waals surface area contributed by atoms with Crippen LogP contribution in [0.25, 0.3) is 10.7 Å². The highest BCUT2D eigenvalue weighted by Crippen LogP contribution is 2.35. The smallest absolute Gasteiger partial charge is 0.140 e. The van der Waals surface area contributed by atoms with E-state index in [9.17, 15) is 5.11 Å². The Morgan fingerprint density at radius 2 is 2.24 bits per heavy atom. The SMILES string of the molecule is Cc1nc(-c2ccc[nH]2)sc1C(CO)C(C)C. The van der Waals surface area contributed by atoms with Crippen molar-refractivity contribution in [1.82, 2.24) is 9.97 Å². The number of aromatic nitrogens is 2. The number of aromatic amines is 1. The Balaban J connectivity index is 2.37. The molecule has 17 heavy (non-hydrogen) atoms. The van der Waals surface area contributed by atoms with Crippen LogP contribution in [0.3, 0.4) is 0 Å². The molecule has 2 aromatic heterocycles. The normalized spacial score (nSPS) is 13.2. The van der Waals surface area contributed by atoms with Gasteiger partial charge < -0.3 is 10.1 Å². The zero-order chi connectivity index (χ0) is 12.4. The topological polar surface area (TPSA) is 48.9 Å². The van der Waals surface area contributed by atoms with Crippen LogP contribution in [0, 0.1) is 12.8 Å². The summed E-state index contributed by atoms with van der Waals surface area (Å²) in [5, 5.41) is 10.5. The molecular weight excluding hydrogens is 232 g/mol. The summed E-state index contributed by atoms with van der Waals surface area (Å²) in [5.74, 6) is 0.617. The summed E-state index contributed by atoms with van der Waals surface area (Å²) >= 11 is 1.68. The quantitative estimate of drug-likeness (QED) is 0.875. The van der Waals surface area contributed by atoms with E-state index in [1.54, 1.807) is 11.3 Å². The molecule has 2 rings (SSSR count). The summed E-state index contributed by atoms with van der Waals surface area (Å²) in [6.07, 6.45) is 1.90. The Hall–Kier alpha value is -1.13. The number of aryl methyl sites for hydroxylation is 1. The van der Waals surface area contributed by atoms with Crippen molar-refractivity contribution >= 4 is 11.3 Å². The summed E-state index contributed by atoms with van der Waals surface area (Å²) in [4.78, 5) is 8.95. The van der Waals surface area contributed by atoms with Gasteiger partial charge in [0.2, 0.25) is 0 Å². The van der Waals surface area contributed by atoms with Crippen LogP contribution in [0.2, 0.25) is 0 Å². The Bertz CT molecular complexity index is 474. The van der Waals surface area contributed by atoms with Crippen molar-refractivity contribution in [3.63, 3.8) is 0 Å². The zero-order valence-electron chi connectivity index (χ0n) is 10.4. The van der Waals surface area contributed by atoms with Gasteiger partial charge in [-0.25, -0.2) is 4.98 Å². The minimum Gasteiger partial charge on any atom is -0.396 e. The minimum atomic E-state index is 0.185. The van der Waals surface area contributed by atoms with Gasteiger partial charge in [-0.3, -0.25) is 0 Å². The molecule has 4 heteroatoms. The molecule has 0 bridgehead atoms. The van der Waals surface area contributed by atoms with E-state index in [2.05, 4.69) is 23.8 Å². The number of aliphatic hydroxyl groups is 1. The average Bonchev–Trinajstić information content (AvgIpc) is 2.89. The Morgan fingerprint density at radius 3 is 2.76 bits per heavy atom. The molecule has 2 aromatic rings. The predicted molar refractivity (Wildman–Crippen MR) is 71.3 cm³/mol. The molecule has 0 saturated carbocycles. The van der Waals surface area contributed by atoms with Crippen molar-refractivity contribution in [2.24, 2.45) is 5.92 Å². The second kappa shape index (κ2) is 5.02. The van der Waals surface area contributed by atoms with Gasteiger partial charge in [0.05, 0.1) is 18.0 Å². The van der Waals surface area contributed by atoms with Gasteiger partial charge in [0.1, 0.15) is 5.01 Å². The molecule has 2 heterocycles. The zero-order valence-corrected chi connectivity index (χ0v) is 11.2. The van der Waals surface area contributed by atoms with E-state index >= 15 is 0 Å². The van der Waals surface area contributed by atoms with Gasteiger partial charge in [0.15, 0.2) is 0 Å². The lowest BCUT2D eigenvalue weighted by Crippen LogP contribution is -2.10. The van der Waals surface area contributed by atoms with Crippen molar-refractivity contribution in [3.05, 3.63) is 28.9 Å². The lowest BCUT2D eigenvalue weighted by Gasteiger charge is -2.16. The van der Waals surface area contributed by atoms with Crippen LogP contribution in [0.5, 0.6) is 0 Å². The monoisotopic (exact) mass is 250 g/mol. The van der Waals surface area contributed by atoms with Crippen LogP contribution < -0.4 is 0 Å². The van der Waals surface area contributed by atoms with Crippen LogP contribution in [-0.4, -0.2) is 21.7 Å². The van der Waals surface area contributed by atoms with E-state index in [0.29, 0.717) is 5.92 Å². The van der Waals surface area contributed by atoms with Gasteiger partial charge in [-0.05, 0) is 25.0 Å². The summed E-state index contributed by atoms with van der Waals surface area (Å²) in [5.41, 5.74) is 2.08. The summed E-state index contributed by atoms with van der Waals surface area (Å²) in [6, 6.07) is 3.99. The summed E-state index contributed by atoms with van der Waals surface area (Å²) in [6.45, 7) is 6.47. The number of aliphatic hydroxyl groups excluding tert-OH is 1. The maximum absolute atomic E-state index is 9.49. The molecule has 0 saturated heterocycles. The van der Waals surface area contributed by atoms with Gasteiger partial charge in [-0.1, -0.05) is 13.8 Å². The van der Waals surface area contributed by atoms with E-state index in [0.717, 1.165) is 16.4 Å². The molecule has 0 aromatic carbocycles. The molecule has 0 amide bonds. The van der Waals surface area contributed by atoms with Crippen LogP contribution in [0.15, 0.2) is 18.3 Å². The fraction of sp³-hybridized carbons (Fsp3) is 0.462. The van der Waals surface area contributed by atoms with Gasteiger partial charge in [-0.2, -0.15) is 0 Å². The van der Waals surface area contributed by atoms with E-state index in [-0.39, 0.29) is 12.5 Å². The number of hydrogen-bond donors (Lipinski definition) is 2. The van der Waals surface area contributed by atoms with Crippen molar-refractivity contribution in [2.45, 2.75) is 26.7 Å². The second-order valence-corrected chi connectivity index (χ2v) is 5.62. The molecule has 0 aliphatic heterocycles.